The van der Waals surface area contributed by atoms with Crippen molar-refractivity contribution in [3.05, 3.63) is 9.40 Å². The molecule has 3 nitrogen and oxygen atoms in total. The monoisotopic (exact) mass is 299 g/mol. The van der Waals surface area contributed by atoms with Crippen LogP contribution in [0.5, 0.6) is 0 Å². The molecule has 0 aliphatic carbocycles. The average molecular weight is 299 g/mol. The summed E-state index contributed by atoms with van der Waals surface area (Å²) in [6.45, 7) is 4.79. The van der Waals surface area contributed by atoms with Gasteiger partial charge >= 0.3 is 0 Å². The van der Waals surface area contributed by atoms with Crippen LogP contribution in [0.3, 0.4) is 0 Å². The van der Waals surface area contributed by atoms with E-state index in [1.807, 2.05) is 13.8 Å². The van der Waals surface area contributed by atoms with Crippen molar-refractivity contribution < 1.29 is 0 Å². The van der Waals surface area contributed by atoms with Crippen LogP contribution in [-0.2, 0) is 0 Å². The van der Waals surface area contributed by atoms with Crippen LogP contribution in [-0.4, -0.2) is 17.3 Å². The molecule has 0 unspecified atom stereocenters. The minimum Gasteiger partial charge on any atom is -0.385 e. The second kappa shape index (κ2) is 6.59. The zero-order chi connectivity index (χ0) is 9.56. The van der Waals surface area contributed by atoms with Gasteiger partial charge in [-0.3, -0.25) is 5.41 Å². The molecule has 0 fully saturated rings. The van der Waals surface area contributed by atoms with E-state index in [0.29, 0.717) is 10.9 Å². The van der Waals surface area contributed by atoms with Gasteiger partial charge in [0.15, 0.2) is 0 Å². The van der Waals surface area contributed by atoms with E-state index in [1.54, 1.807) is 0 Å². The highest BCUT2D eigenvalue weighted by Crippen LogP contribution is 2.17. The lowest BCUT2D eigenvalue weighted by molar-refractivity contribution is 0.841. The standard InChI is InChI=1S/C7H14IN3S/c1-3-11-6(9)5(8)7(10)12-4-2/h10-11H,3-4,9H2,1-2H3/b6-5-,10-7?. The van der Waals surface area contributed by atoms with Crippen molar-refractivity contribution in [2.45, 2.75) is 13.8 Å². The summed E-state index contributed by atoms with van der Waals surface area (Å²) in [5.41, 5.74) is 5.67. The fraction of sp³-hybridized carbons (Fsp3) is 0.571. The van der Waals surface area contributed by atoms with Gasteiger partial charge in [0.05, 0.1) is 3.58 Å². The third-order valence-corrected chi connectivity index (χ3v) is 3.36. The van der Waals surface area contributed by atoms with Crippen molar-refractivity contribution in [3.8, 4) is 0 Å². The molecule has 5 heteroatoms. The number of halogens is 1. The summed E-state index contributed by atoms with van der Waals surface area (Å²) < 4.78 is 0.807. The Balaban J connectivity index is 4.22. The van der Waals surface area contributed by atoms with Crippen molar-refractivity contribution in [1.82, 2.24) is 5.32 Å². The third kappa shape index (κ3) is 4.20. The molecule has 0 aromatic rings. The minimum atomic E-state index is 0.538. The first-order valence-electron chi connectivity index (χ1n) is 3.74. The van der Waals surface area contributed by atoms with Crippen molar-refractivity contribution in [3.63, 3.8) is 0 Å². The van der Waals surface area contributed by atoms with Gasteiger partial charge in [-0.05, 0) is 35.3 Å². The predicted molar refractivity (Wildman–Crippen MR) is 64.8 cm³/mol. The highest BCUT2D eigenvalue weighted by atomic mass is 127. The SMILES string of the molecule is CCN/C(N)=C(\I)C(=N)SCC. The summed E-state index contributed by atoms with van der Waals surface area (Å²) in [6.07, 6.45) is 0. The van der Waals surface area contributed by atoms with Gasteiger partial charge in [-0.25, -0.2) is 0 Å². The van der Waals surface area contributed by atoms with Crippen LogP contribution in [0.2, 0.25) is 0 Å². The van der Waals surface area contributed by atoms with E-state index >= 15 is 0 Å². The van der Waals surface area contributed by atoms with E-state index in [9.17, 15) is 0 Å². The summed E-state index contributed by atoms with van der Waals surface area (Å²) >= 11 is 3.58. The smallest absolute Gasteiger partial charge is 0.112 e. The zero-order valence-corrected chi connectivity index (χ0v) is 10.3. The lowest BCUT2D eigenvalue weighted by atomic mass is 10.5. The third-order valence-electron chi connectivity index (χ3n) is 1.09. The number of hydrogen-bond acceptors (Lipinski definition) is 4. The van der Waals surface area contributed by atoms with E-state index in [2.05, 4.69) is 27.9 Å². The molecule has 0 spiro atoms. The molecule has 0 aromatic heterocycles. The van der Waals surface area contributed by atoms with Gasteiger partial charge in [0.1, 0.15) is 10.9 Å². The Bertz CT molecular complexity index is 191. The van der Waals surface area contributed by atoms with Crippen LogP contribution in [0.1, 0.15) is 13.8 Å². The van der Waals surface area contributed by atoms with Crippen LogP contribution >= 0.6 is 34.4 Å². The highest BCUT2D eigenvalue weighted by Gasteiger charge is 2.05. The van der Waals surface area contributed by atoms with E-state index < -0.39 is 0 Å². The van der Waals surface area contributed by atoms with Crippen LogP contribution in [0.4, 0.5) is 0 Å². The Hall–Kier alpha value is 0.0900. The molecule has 0 aliphatic rings. The normalized spacial score (nSPS) is 12.2. The molecule has 0 radical (unpaired) electrons. The van der Waals surface area contributed by atoms with Gasteiger partial charge < -0.3 is 11.1 Å². The lowest BCUT2D eigenvalue weighted by Gasteiger charge is -2.07. The van der Waals surface area contributed by atoms with Gasteiger partial charge in [0.2, 0.25) is 0 Å². The average Bonchev–Trinajstić information content (AvgIpc) is 2.04. The molecule has 0 saturated carbocycles. The Morgan fingerprint density at radius 1 is 1.58 bits per heavy atom. The molecular weight excluding hydrogens is 285 g/mol. The fourth-order valence-corrected chi connectivity index (χ4v) is 1.78. The molecule has 70 valence electrons. The number of thioether (sulfide) groups is 1. The van der Waals surface area contributed by atoms with E-state index in [0.717, 1.165) is 15.9 Å². The molecule has 0 aliphatic heterocycles. The number of nitrogens with two attached hydrogens (primary N) is 1. The summed E-state index contributed by atoms with van der Waals surface area (Å²) in [6, 6.07) is 0. The van der Waals surface area contributed by atoms with Crippen LogP contribution in [0, 0.1) is 5.41 Å². The van der Waals surface area contributed by atoms with E-state index in [-0.39, 0.29) is 0 Å². The molecule has 0 amide bonds. The van der Waals surface area contributed by atoms with E-state index in [4.69, 9.17) is 11.1 Å². The summed E-state index contributed by atoms with van der Waals surface area (Å²) in [5.74, 6) is 1.51. The summed E-state index contributed by atoms with van der Waals surface area (Å²) in [4.78, 5) is 0. The van der Waals surface area contributed by atoms with Gasteiger partial charge in [0, 0.05) is 6.54 Å². The molecular formula is C7H14IN3S. The van der Waals surface area contributed by atoms with Crippen molar-refractivity contribution in [1.29, 1.82) is 5.41 Å². The Morgan fingerprint density at radius 2 is 2.17 bits per heavy atom. The fourth-order valence-electron chi connectivity index (χ4n) is 0.598. The van der Waals surface area contributed by atoms with E-state index in [1.165, 1.54) is 11.8 Å². The summed E-state index contributed by atoms with van der Waals surface area (Å²) in [5, 5.41) is 11.1. The van der Waals surface area contributed by atoms with Crippen molar-refractivity contribution in [2.75, 3.05) is 12.3 Å². The second-order valence-electron chi connectivity index (χ2n) is 2.02. The van der Waals surface area contributed by atoms with Crippen molar-refractivity contribution in [2.24, 2.45) is 5.73 Å². The largest absolute Gasteiger partial charge is 0.385 e. The van der Waals surface area contributed by atoms with Crippen LogP contribution in [0.15, 0.2) is 9.40 Å². The van der Waals surface area contributed by atoms with Gasteiger partial charge in [-0.15, -0.1) is 11.8 Å². The quantitative estimate of drug-likeness (QED) is 0.422. The molecule has 0 atom stereocenters. The van der Waals surface area contributed by atoms with Gasteiger partial charge in [-0.1, -0.05) is 6.92 Å². The number of rotatable bonds is 4. The first-order chi connectivity index (χ1) is 5.63. The molecule has 0 bridgehead atoms. The minimum absolute atomic E-state index is 0.538. The summed E-state index contributed by atoms with van der Waals surface area (Å²) in [7, 11) is 0. The molecule has 12 heavy (non-hydrogen) atoms. The Labute approximate surface area is 91.2 Å². The number of nitrogens with one attached hydrogen (secondary N) is 2. The topological polar surface area (TPSA) is 61.9 Å². The van der Waals surface area contributed by atoms with Gasteiger partial charge in [0.25, 0.3) is 0 Å². The second-order valence-corrected chi connectivity index (χ2v) is 4.37. The molecule has 4 N–H and O–H groups in total. The first-order valence-corrected chi connectivity index (χ1v) is 5.80. The first kappa shape index (κ1) is 12.1. The number of hydrogen-bond donors (Lipinski definition) is 3. The predicted octanol–water partition coefficient (Wildman–Crippen LogP) is 1.89. The van der Waals surface area contributed by atoms with Crippen LogP contribution in [0.25, 0.3) is 0 Å². The molecule has 0 saturated heterocycles. The molecule has 0 rings (SSSR count). The van der Waals surface area contributed by atoms with Gasteiger partial charge in [-0.2, -0.15) is 0 Å². The van der Waals surface area contributed by atoms with Crippen molar-refractivity contribution >= 4 is 39.4 Å². The zero-order valence-electron chi connectivity index (χ0n) is 7.28. The maximum Gasteiger partial charge on any atom is 0.112 e. The highest BCUT2D eigenvalue weighted by molar-refractivity contribution is 14.1. The Kier molecular flexibility index (Phi) is 6.64. The van der Waals surface area contributed by atoms with Crippen LogP contribution < -0.4 is 11.1 Å². The maximum absolute atomic E-state index is 7.58. The Morgan fingerprint density at radius 3 is 2.58 bits per heavy atom. The lowest BCUT2D eigenvalue weighted by Crippen LogP contribution is -2.22. The molecule has 0 heterocycles. The molecule has 0 aromatic carbocycles. The maximum atomic E-state index is 7.58.